The molecular formula is C12H12O4. The first kappa shape index (κ1) is 9.63. The van der Waals surface area contributed by atoms with Crippen molar-refractivity contribution in [1.29, 1.82) is 0 Å². The molecule has 0 aromatic heterocycles. The van der Waals surface area contributed by atoms with Gasteiger partial charge in [-0.3, -0.25) is 4.79 Å². The van der Waals surface area contributed by atoms with Crippen LogP contribution in [0.4, 0.5) is 0 Å². The predicted molar refractivity (Wildman–Crippen MR) is 54.6 cm³/mol. The van der Waals surface area contributed by atoms with E-state index in [1.54, 1.807) is 12.2 Å². The van der Waals surface area contributed by atoms with Crippen LogP contribution in [0.3, 0.4) is 0 Å². The third kappa shape index (κ3) is 0.859. The molecule has 0 radical (unpaired) electrons. The second kappa shape index (κ2) is 2.75. The van der Waals surface area contributed by atoms with E-state index in [4.69, 9.17) is 5.11 Å². The molecule has 0 aromatic carbocycles. The number of hydrogen-bond donors (Lipinski definition) is 2. The third-order valence-electron chi connectivity index (χ3n) is 4.40. The first-order chi connectivity index (χ1) is 7.57. The summed E-state index contributed by atoms with van der Waals surface area (Å²) in [6.07, 6.45) is 6.70. The fourth-order valence-electron chi connectivity index (χ4n) is 3.77. The Balaban J connectivity index is 2.08. The van der Waals surface area contributed by atoms with Crippen molar-refractivity contribution in [3.8, 4) is 0 Å². The molecule has 0 heterocycles. The van der Waals surface area contributed by atoms with Crippen molar-refractivity contribution in [3.05, 3.63) is 23.8 Å². The van der Waals surface area contributed by atoms with Crippen LogP contribution >= 0.6 is 0 Å². The zero-order valence-corrected chi connectivity index (χ0v) is 8.59. The van der Waals surface area contributed by atoms with Crippen molar-refractivity contribution in [1.82, 2.24) is 0 Å². The van der Waals surface area contributed by atoms with Crippen LogP contribution in [0.5, 0.6) is 0 Å². The molecule has 1 fully saturated rings. The van der Waals surface area contributed by atoms with Gasteiger partial charge >= 0.3 is 11.9 Å². The standard InChI is InChI=1S/C12H12O4/c13-10(14)8-5-6-4-7(8)9-2-1-3-12(6,9)11(15)16/h1,3,5-7,9H,2,4H2,(H,13,14)(H,15,16). The minimum atomic E-state index is -0.890. The van der Waals surface area contributed by atoms with Crippen LogP contribution in [0.15, 0.2) is 23.8 Å². The first-order valence-electron chi connectivity index (χ1n) is 5.43. The number of carboxylic acid groups (broad SMARTS) is 2. The minimum Gasteiger partial charge on any atom is -0.481 e. The molecule has 0 spiro atoms. The average Bonchev–Trinajstić information content (AvgIpc) is 2.87. The molecule has 84 valence electrons. The van der Waals surface area contributed by atoms with E-state index in [1.807, 2.05) is 6.08 Å². The summed E-state index contributed by atoms with van der Waals surface area (Å²) >= 11 is 0. The second-order valence-electron chi connectivity index (χ2n) is 4.86. The molecular weight excluding hydrogens is 208 g/mol. The number of carboxylic acids is 2. The Kier molecular flexibility index (Phi) is 1.66. The molecule has 4 heteroatoms. The van der Waals surface area contributed by atoms with E-state index in [-0.39, 0.29) is 17.8 Å². The zero-order valence-electron chi connectivity index (χ0n) is 8.59. The van der Waals surface area contributed by atoms with Gasteiger partial charge in [0.25, 0.3) is 0 Å². The van der Waals surface area contributed by atoms with E-state index >= 15 is 0 Å². The summed E-state index contributed by atoms with van der Waals surface area (Å²) in [5, 5.41) is 18.4. The maximum Gasteiger partial charge on any atom is 0.331 e. The highest BCUT2D eigenvalue weighted by molar-refractivity contribution is 5.90. The number of allylic oxidation sites excluding steroid dienone is 2. The van der Waals surface area contributed by atoms with E-state index in [0.29, 0.717) is 18.4 Å². The molecule has 2 N–H and O–H groups in total. The van der Waals surface area contributed by atoms with Crippen molar-refractivity contribution in [2.75, 3.05) is 0 Å². The molecule has 2 bridgehead atoms. The number of fused-ring (bicyclic) bond motifs is 5. The summed E-state index contributed by atoms with van der Waals surface area (Å²) in [5.41, 5.74) is -0.389. The molecule has 1 saturated carbocycles. The largest absolute Gasteiger partial charge is 0.481 e. The Bertz CT molecular complexity index is 448. The van der Waals surface area contributed by atoms with Gasteiger partial charge in [0.1, 0.15) is 0 Å². The maximum absolute atomic E-state index is 11.4. The summed E-state index contributed by atoms with van der Waals surface area (Å²) < 4.78 is 0. The fraction of sp³-hybridized carbons (Fsp3) is 0.500. The summed E-state index contributed by atoms with van der Waals surface area (Å²) in [7, 11) is 0. The molecule has 0 saturated heterocycles. The number of aliphatic carboxylic acids is 2. The Hall–Kier alpha value is -1.58. The van der Waals surface area contributed by atoms with Gasteiger partial charge in [0, 0.05) is 5.57 Å². The molecule has 16 heavy (non-hydrogen) atoms. The molecule has 4 atom stereocenters. The molecule has 0 amide bonds. The topological polar surface area (TPSA) is 74.6 Å². The van der Waals surface area contributed by atoms with Gasteiger partial charge in [0.05, 0.1) is 5.41 Å². The summed E-state index contributed by atoms with van der Waals surface area (Å²) in [6, 6.07) is 0. The lowest BCUT2D eigenvalue weighted by Crippen LogP contribution is -2.39. The van der Waals surface area contributed by atoms with E-state index < -0.39 is 17.4 Å². The maximum atomic E-state index is 11.4. The molecule has 0 aliphatic heterocycles. The lowest BCUT2D eigenvalue weighted by molar-refractivity contribution is -0.150. The highest BCUT2D eigenvalue weighted by atomic mass is 16.4. The van der Waals surface area contributed by atoms with Crippen LogP contribution in [0.25, 0.3) is 0 Å². The average molecular weight is 220 g/mol. The van der Waals surface area contributed by atoms with Gasteiger partial charge in [-0.25, -0.2) is 4.79 Å². The Morgan fingerprint density at radius 2 is 2.12 bits per heavy atom. The van der Waals surface area contributed by atoms with E-state index in [1.165, 1.54) is 0 Å². The van der Waals surface area contributed by atoms with Crippen molar-refractivity contribution in [2.45, 2.75) is 12.8 Å². The quantitative estimate of drug-likeness (QED) is 0.688. The zero-order chi connectivity index (χ0) is 11.5. The number of hydrogen-bond acceptors (Lipinski definition) is 2. The van der Waals surface area contributed by atoms with Gasteiger partial charge in [-0.1, -0.05) is 18.2 Å². The van der Waals surface area contributed by atoms with E-state index in [0.717, 1.165) is 0 Å². The third-order valence-corrected chi connectivity index (χ3v) is 4.40. The van der Waals surface area contributed by atoms with Crippen LogP contribution in [0.2, 0.25) is 0 Å². The number of carbonyl (C=O) groups is 2. The van der Waals surface area contributed by atoms with Crippen LogP contribution in [0, 0.1) is 23.2 Å². The van der Waals surface area contributed by atoms with Gasteiger partial charge in [-0.05, 0) is 30.6 Å². The smallest absolute Gasteiger partial charge is 0.331 e. The number of rotatable bonds is 2. The van der Waals surface area contributed by atoms with Crippen LogP contribution in [0.1, 0.15) is 12.8 Å². The van der Waals surface area contributed by atoms with Crippen molar-refractivity contribution < 1.29 is 19.8 Å². The van der Waals surface area contributed by atoms with E-state index in [2.05, 4.69) is 0 Å². The lowest BCUT2D eigenvalue weighted by atomic mass is 9.69. The molecule has 4 unspecified atom stereocenters. The fourth-order valence-corrected chi connectivity index (χ4v) is 3.77. The summed E-state index contributed by atoms with van der Waals surface area (Å²) in [6.45, 7) is 0. The predicted octanol–water partition coefficient (Wildman–Crippen LogP) is 1.29. The molecule has 3 aliphatic carbocycles. The Morgan fingerprint density at radius 3 is 2.75 bits per heavy atom. The molecule has 0 aromatic rings. The monoisotopic (exact) mass is 220 g/mol. The van der Waals surface area contributed by atoms with Gasteiger partial charge in [0.15, 0.2) is 0 Å². The van der Waals surface area contributed by atoms with Crippen LogP contribution < -0.4 is 0 Å². The lowest BCUT2D eigenvalue weighted by Gasteiger charge is -2.32. The van der Waals surface area contributed by atoms with E-state index in [9.17, 15) is 14.7 Å². The van der Waals surface area contributed by atoms with Crippen molar-refractivity contribution >= 4 is 11.9 Å². The first-order valence-corrected chi connectivity index (χ1v) is 5.43. The van der Waals surface area contributed by atoms with Crippen LogP contribution in [-0.2, 0) is 9.59 Å². The molecule has 3 rings (SSSR count). The second-order valence-corrected chi connectivity index (χ2v) is 4.86. The highest BCUT2D eigenvalue weighted by Gasteiger charge is 2.63. The van der Waals surface area contributed by atoms with Gasteiger partial charge in [-0.15, -0.1) is 0 Å². The Morgan fingerprint density at radius 1 is 1.38 bits per heavy atom. The molecule has 3 aliphatic rings. The van der Waals surface area contributed by atoms with Gasteiger partial charge in [0.2, 0.25) is 0 Å². The SMILES string of the molecule is O=C(O)C1=CC2CC1C1CC=CC21C(=O)O. The normalized spacial score (nSPS) is 43.2. The van der Waals surface area contributed by atoms with Crippen molar-refractivity contribution in [3.63, 3.8) is 0 Å². The summed E-state index contributed by atoms with van der Waals surface area (Å²) in [4.78, 5) is 22.5. The minimum absolute atomic E-state index is 0.0499. The van der Waals surface area contributed by atoms with Crippen molar-refractivity contribution in [2.24, 2.45) is 23.2 Å². The molecule has 4 nitrogen and oxygen atoms in total. The highest BCUT2D eigenvalue weighted by Crippen LogP contribution is 2.63. The Labute approximate surface area is 92.3 Å². The summed E-state index contributed by atoms with van der Waals surface area (Å²) in [5.74, 6) is -1.96. The van der Waals surface area contributed by atoms with Gasteiger partial charge < -0.3 is 10.2 Å². The van der Waals surface area contributed by atoms with Crippen LogP contribution in [-0.4, -0.2) is 22.2 Å². The van der Waals surface area contributed by atoms with Gasteiger partial charge in [-0.2, -0.15) is 0 Å².